The predicted octanol–water partition coefficient (Wildman–Crippen LogP) is 1.87. The van der Waals surface area contributed by atoms with Gasteiger partial charge in [0.15, 0.2) is 0 Å². The zero-order valence-corrected chi connectivity index (χ0v) is 12.1. The Hall–Kier alpha value is -1.88. The van der Waals surface area contributed by atoms with Crippen LogP contribution in [0.4, 0.5) is 5.69 Å². The van der Waals surface area contributed by atoms with Crippen LogP contribution in [0.5, 0.6) is 0 Å². The van der Waals surface area contributed by atoms with Crippen molar-refractivity contribution < 1.29 is 14.3 Å². The maximum Gasteiger partial charge on any atom is 0.251 e. The molecule has 1 heterocycles. The first-order valence-electron chi connectivity index (χ1n) is 7.44. The average molecular weight is 288 g/mol. The van der Waals surface area contributed by atoms with E-state index in [1.807, 2.05) is 12.1 Å². The van der Waals surface area contributed by atoms with Crippen molar-refractivity contribution in [3.63, 3.8) is 0 Å². The van der Waals surface area contributed by atoms with Gasteiger partial charge in [-0.15, -0.1) is 0 Å². The Balaban J connectivity index is 1.72. The van der Waals surface area contributed by atoms with E-state index in [2.05, 4.69) is 10.6 Å². The molecule has 1 fully saturated rings. The van der Waals surface area contributed by atoms with Crippen LogP contribution >= 0.6 is 0 Å². The normalized spacial score (nSPS) is 24.3. The first-order valence-corrected chi connectivity index (χ1v) is 7.44. The molecular weight excluding hydrogens is 268 g/mol. The Morgan fingerprint density at radius 3 is 3.00 bits per heavy atom. The van der Waals surface area contributed by atoms with E-state index in [0.29, 0.717) is 18.4 Å². The third-order valence-corrected chi connectivity index (χ3v) is 4.33. The van der Waals surface area contributed by atoms with Gasteiger partial charge in [-0.05, 0) is 49.4 Å². The van der Waals surface area contributed by atoms with E-state index in [1.54, 1.807) is 13.2 Å². The largest absolute Gasteiger partial charge is 0.379 e. The molecule has 5 nitrogen and oxygen atoms in total. The zero-order valence-electron chi connectivity index (χ0n) is 12.1. The first-order chi connectivity index (χ1) is 10.2. The summed E-state index contributed by atoms with van der Waals surface area (Å²) in [7, 11) is 1.69. The monoisotopic (exact) mass is 288 g/mol. The average Bonchev–Trinajstić information content (AvgIpc) is 2.93. The summed E-state index contributed by atoms with van der Waals surface area (Å²) in [5, 5.41) is 5.89. The summed E-state index contributed by atoms with van der Waals surface area (Å²) >= 11 is 0. The summed E-state index contributed by atoms with van der Waals surface area (Å²) in [6.07, 6.45) is 4.33. The molecule has 0 spiro atoms. The summed E-state index contributed by atoms with van der Waals surface area (Å²) in [6, 6.07) is 5.54. The number of carbonyl (C=O) groups is 2. The number of amides is 2. The van der Waals surface area contributed by atoms with Crippen molar-refractivity contribution >= 4 is 17.5 Å². The second-order valence-corrected chi connectivity index (χ2v) is 5.71. The minimum atomic E-state index is -0.0661. The molecule has 2 aliphatic rings. The molecule has 1 aromatic rings. The van der Waals surface area contributed by atoms with Gasteiger partial charge in [-0.25, -0.2) is 0 Å². The van der Waals surface area contributed by atoms with Crippen molar-refractivity contribution in [1.82, 2.24) is 5.32 Å². The van der Waals surface area contributed by atoms with Crippen molar-refractivity contribution in [2.45, 2.75) is 44.2 Å². The van der Waals surface area contributed by atoms with E-state index in [0.717, 1.165) is 30.5 Å². The summed E-state index contributed by atoms with van der Waals surface area (Å²) in [5.41, 5.74) is 2.49. The molecule has 1 aromatic carbocycles. The Kier molecular flexibility index (Phi) is 3.92. The molecule has 0 aromatic heterocycles. The number of carbonyl (C=O) groups excluding carboxylic acids is 2. The zero-order chi connectivity index (χ0) is 14.8. The van der Waals surface area contributed by atoms with E-state index in [1.165, 1.54) is 0 Å². The summed E-state index contributed by atoms with van der Waals surface area (Å²) in [6.45, 7) is 0. The van der Waals surface area contributed by atoms with Gasteiger partial charge < -0.3 is 15.4 Å². The molecule has 3 rings (SSSR count). The number of hydrogen-bond donors (Lipinski definition) is 2. The lowest BCUT2D eigenvalue weighted by atomic mass is 10.00. The lowest BCUT2D eigenvalue weighted by Crippen LogP contribution is -2.40. The smallest absolute Gasteiger partial charge is 0.251 e. The highest BCUT2D eigenvalue weighted by molar-refractivity contribution is 5.98. The predicted molar refractivity (Wildman–Crippen MR) is 79.3 cm³/mol. The minimum absolute atomic E-state index is 0.0357. The maximum absolute atomic E-state index is 12.4. The van der Waals surface area contributed by atoms with Crippen LogP contribution in [0.2, 0.25) is 0 Å². The molecule has 2 N–H and O–H groups in total. The molecule has 1 saturated carbocycles. The molecule has 21 heavy (non-hydrogen) atoms. The minimum Gasteiger partial charge on any atom is -0.379 e. The van der Waals surface area contributed by atoms with E-state index < -0.39 is 0 Å². The van der Waals surface area contributed by atoms with Crippen LogP contribution in [-0.4, -0.2) is 31.1 Å². The van der Waals surface area contributed by atoms with Crippen LogP contribution in [0.1, 0.15) is 41.6 Å². The Morgan fingerprint density at radius 1 is 1.33 bits per heavy atom. The molecule has 1 aliphatic carbocycles. The maximum atomic E-state index is 12.4. The molecule has 0 radical (unpaired) electrons. The number of aryl methyl sites for hydroxylation is 1. The van der Waals surface area contributed by atoms with E-state index >= 15 is 0 Å². The molecular formula is C16H20N2O3. The fourth-order valence-corrected chi connectivity index (χ4v) is 3.15. The van der Waals surface area contributed by atoms with E-state index in [4.69, 9.17) is 4.74 Å². The Bertz CT molecular complexity index is 571. The van der Waals surface area contributed by atoms with Crippen molar-refractivity contribution in [3.05, 3.63) is 29.3 Å². The number of hydrogen-bond acceptors (Lipinski definition) is 3. The second-order valence-electron chi connectivity index (χ2n) is 5.71. The molecule has 2 amide bonds. The van der Waals surface area contributed by atoms with Crippen molar-refractivity contribution in [1.29, 1.82) is 0 Å². The van der Waals surface area contributed by atoms with E-state index in [-0.39, 0.29) is 24.0 Å². The van der Waals surface area contributed by atoms with Crippen LogP contribution in [0.25, 0.3) is 0 Å². The molecule has 0 bridgehead atoms. The van der Waals surface area contributed by atoms with Crippen LogP contribution in [0.15, 0.2) is 18.2 Å². The van der Waals surface area contributed by atoms with Gasteiger partial charge in [0, 0.05) is 24.8 Å². The lowest BCUT2D eigenvalue weighted by molar-refractivity contribution is -0.116. The van der Waals surface area contributed by atoms with Crippen molar-refractivity contribution in [2.75, 3.05) is 12.4 Å². The van der Waals surface area contributed by atoms with Gasteiger partial charge in [0.05, 0.1) is 12.1 Å². The SMILES string of the molecule is COC1CCCC1NC(=O)c1ccc2c(c1)CCC(=O)N2. The number of anilines is 1. The molecule has 112 valence electrons. The quantitative estimate of drug-likeness (QED) is 0.892. The van der Waals surface area contributed by atoms with Gasteiger partial charge >= 0.3 is 0 Å². The third-order valence-electron chi connectivity index (χ3n) is 4.33. The van der Waals surface area contributed by atoms with Gasteiger partial charge in [0.2, 0.25) is 5.91 Å². The number of methoxy groups -OCH3 is 1. The highest BCUT2D eigenvalue weighted by atomic mass is 16.5. The molecule has 2 unspecified atom stereocenters. The summed E-state index contributed by atoms with van der Waals surface area (Å²) in [5.74, 6) is -0.0303. The topological polar surface area (TPSA) is 67.4 Å². The highest BCUT2D eigenvalue weighted by Gasteiger charge is 2.28. The fourth-order valence-electron chi connectivity index (χ4n) is 3.15. The second kappa shape index (κ2) is 5.85. The van der Waals surface area contributed by atoms with Crippen molar-refractivity contribution in [3.8, 4) is 0 Å². The molecule has 0 saturated heterocycles. The van der Waals surface area contributed by atoms with Crippen LogP contribution in [0, 0.1) is 0 Å². The van der Waals surface area contributed by atoms with E-state index in [9.17, 15) is 9.59 Å². The van der Waals surface area contributed by atoms with Crippen LogP contribution in [0.3, 0.4) is 0 Å². The molecule has 2 atom stereocenters. The highest BCUT2D eigenvalue weighted by Crippen LogP contribution is 2.25. The standard InChI is InChI=1S/C16H20N2O3/c1-21-14-4-2-3-13(14)18-16(20)11-5-7-12-10(9-11)6-8-15(19)17-12/h5,7,9,13-14H,2-4,6,8H2,1H3,(H,17,19)(H,18,20). The fraction of sp³-hybridized carbons (Fsp3) is 0.500. The molecule has 1 aliphatic heterocycles. The van der Waals surface area contributed by atoms with Crippen molar-refractivity contribution in [2.24, 2.45) is 0 Å². The van der Waals surface area contributed by atoms with Crippen LogP contribution in [-0.2, 0) is 16.0 Å². The van der Waals surface area contributed by atoms with Crippen LogP contribution < -0.4 is 10.6 Å². The Labute approximate surface area is 124 Å². The van der Waals surface area contributed by atoms with Gasteiger partial charge in [-0.1, -0.05) is 0 Å². The number of nitrogens with one attached hydrogen (secondary N) is 2. The lowest BCUT2D eigenvalue weighted by Gasteiger charge is -2.21. The van der Waals surface area contributed by atoms with Gasteiger partial charge in [0.1, 0.15) is 0 Å². The van der Waals surface area contributed by atoms with Gasteiger partial charge in [-0.2, -0.15) is 0 Å². The number of rotatable bonds is 3. The summed E-state index contributed by atoms with van der Waals surface area (Å²) in [4.78, 5) is 23.7. The van der Waals surface area contributed by atoms with Gasteiger partial charge in [-0.3, -0.25) is 9.59 Å². The van der Waals surface area contributed by atoms with Gasteiger partial charge in [0.25, 0.3) is 5.91 Å². The number of benzene rings is 1. The third kappa shape index (κ3) is 2.93. The number of ether oxygens (including phenoxy) is 1. The number of fused-ring (bicyclic) bond motifs is 1. The first kappa shape index (κ1) is 14.1. The summed E-state index contributed by atoms with van der Waals surface area (Å²) < 4.78 is 5.40. The molecule has 5 heteroatoms. The Morgan fingerprint density at radius 2 is 2.19 bits per heavy atom.